The molecule has 5 heteroatoms. The van der Waals surface area contributed by atoms with Gasteiger partial charge in [0, 0.05) is 25.9 Å². The molecular formula is C16H21N3O2. The molecule has 1 aromatic carbocycles. The molecule has 0 saturated heterocycles. The predicted molar refractivity (Wildman–Crippen MR) is 82.6 cm³/mol. The second kappa shape index (κ2) is 5.68. The Kier molecular flexibility index (Phi) is 3.73. The molecular weight excluding hydrogens is 266 g/mol. The Hall–Kier alpha value is -2.17. The van der Waals surface area contributed by atoms with Crippen molar-refractivity contribution in [2.24, 2.45) is 7.05 Å². The highest BCUT2D eigenvalue weighted by molar-refractivity contribution is 5.45. The summed E-state index contributed by atoms with van der Waals surface area (Å²) in [5.41, 5.74) is 7.31. The molecule has 1 aromatic heterocycles. The molecule has 0 bridgehead atoms. The number of anilines is 1. The van der Waals surface area contributed by atoms with Gasteiger partial charge in [0.1, 0.15) is 11.4 Å². The second-order valence-electron chi connectivity index (χ2n) is 5.54. The highest BCUT2D eigenvalue weighted by atomic mass is 16.5. The maximum atomic E-state index is 12.2. The van der Waals surface area contributed by atoms with E-state index < -0.39 is 0 Å². The fraction of sp³-hybridized carbons (Fsp3) is 0.438. The largest absolute Gasteiger partial charge is 0.494 e. The lowest BCUT2D eigenvalue weighted by Crippen LogP contribution is -2.23. The van der Waals surface area contributed by atoms with Crippen molar-refractivity contribution >= 4 is 5.69 Å². The first-order valence-electron chi connectivity index (χ1n) is 7.41. The van der Waals surface area contributed by atoms with E-state index >= 15 is 0 Å². The molecule has 0 unspecified atom stereocenters. The van der Waals surface area contributed by atoms with Crippen molar-refractivity contribution in [2.45, 2.75) is 31.7 Å². The summed E-state index contributed by atoms with van der Waals surface area (Å²) in [7, 11) is 1.92. The van der Waals surface area contributed by atoms with Crippen LogP contribution in [0.25, 0.3) is 0 Å². The molecule has 1 saturated carbocycles. The average molecular weight is 287 g/mol. The zero-order valence-electron chi connectivity index (χ0n) is 12.3. The van der Waals surface area contributed by atoms with Crippen LogP contribution in [-0.2, 0) is 13.6 Å². The topological polar surface area (TPSA) is 62.2 Å². The van der Waals surface area contributed by atoms with Crippen molar-refractivity contribution < 1.29 is 4.74 Å². The summed E-state index contributed by atoms with van der Waals surface area (Å²) in [4.78, 5) is 12.2. The number of para-hydroxylation sites is 1. The fourth-order valence-electron chi connectivity index (χ4n) is 2.70. The van der Waals surface area contributed by atoms with E-state index in [1.54, 1.807) is 4.68 Å². The number of nitrogens with two attached hydrogens (primary N) is 1. The van der Waals surface area contributed by atoms with Crippen LogP contribution >= 0.6 is 0 Å². The number of nitrogens with zero attached hydrogens (tertiary/aromatic N) is 2. The first kappa shape index (κ1) is 13.8. The summed E-state index contributed by atoms with van der Waals surface area (Å²) in [6, 6.07) is 9.70. The number of nitrogen functional groups attached to an aromatic ring is 1. The van der Waals surface area contributed by atoms with Gasteiger partial charge in [0.15, 0.2) is 0 Å². The minimum Gasteiger partial charge on any atom is -0.494 e. The number of hydrogen-bond donors (Lipinski definition) is 1. The number of rotatable bonds is 6. The Balaban J connectivity index is 1.61. The predicted octanol–water partition coefficient (Wildman–Crippen LogP) is 2.12. The van der Waals surface area contributed by atoms with E-state index in [9.17, 15) is 4.79 Å². The molecule has 1 heterocycles. The molecule has 2 N–H and O–H groups in total. The SMILES string of the molecule is Cn1c(C2CC2)c(N)c(=O)n1CCCOc1ccccc1. The Morgan fingerprint density at radius 1 is 1.29 bits per heavy atom. The Morgan fingerprint density at radius 2 is 2.00 bits per heavy atom. The van der Waals surface area contributed by atoms with E-state index in [0.717, 1.165) is 30.7 Å². The maximum absolute atomic E-state index is 12.2. The average Bonchev–Trinajstić information content (AvgIpc) is 3.29. The summed E-state index contributed by atoms with van der Waals surface area (Å²) in [5, 5.41) is 0. The number of benzene rings is 1. The molecule has 5 nitrogen and oxygen atoms in total. The molecule has 0 amide bonds. The van der Waals surface area contributed by atoms with Crippen molar-refractivity contribution in [3.05, 3.63) is 46.4 Å². The molecule has 0 aliphatic heterocycles. The van der Waals surface area contributed by atoms with Gasteiger partial charge < -0.3 is 10.5 Å². The molecule has 21 heavy (non-hydrogen) atoms. The quantitative estimate of drug-likeness (QED) is 0.828. The van der Waals surface area contributed by atoms with Crippen LogP contribution < -0.4 is 16.0 Å². The molecule has 1 fully saturated rings. The van der Waals surface area contributed by atoms with E-state index in [1.165, 1.54) is 0 Å². The van der Waals surface area contributed by atoms with Crippen LogP contribution in [0.1, 0.15) is 30.9 Å². The molecule has 2 aromatic rings. The summed E-state index contributed by atoms with van der Waals surface area (Å²) < 4.78 is 9.30. The third kappa shape index (κ3) is 2.82. The van der Waals surface area contributed by atoms with Gasteiger partial charge in [0.2, 0.25) is 0 Å². The number of ether oxygens (including phenoxy) is 1. The molecule has 0 radical (unpaired) electrons. The van der Waals surface area contributed by atoms with Gasteiger partial charge in [0.05, 0.1) is 12.3 Å². The normalized spacial score (nSPS) is 14.3. The van der Waals surface area contributed by atoms with Gasteiger partial charge in [-0.05, 0) is 25.0 Å². The maximum Gasteiger partial charge on any atom is 0.290 e. The van der Waals surface area contributed by atoms with E-state index in [-0.39, 0.29) is 5.56 Å². The van der Waals surface area contributed by atoms with Gasteiger partial charge in [0.25, 0.3) is 5.56 Å². The van der Waals surface area contributed by atoms with E-state index in [1.807, 2.05) is 42.1 Å². The zero-order chi connectivity index (χ0) is 14.8. The molecule has 0 spiro atoms. The Morgan fingerprint density at radius 3 is 2.67 bits per heavy atom. The molecule has 0 atom stereocenters. The van der Waals surface area contributed by atoms with E-state index in [2.05, 4.69) is 0 Å². The number of hydrogen-bond acceptors (Lipinski definition) is 3. The van der Waals surface area contributed by atoms with Crippen LogP contribution in [0.15, 0.2) is 35.1 Å². The Bertz CT molecular complexity index is 669. The van der Waals surface area contributed by atoms with E-state index in [4.69, 9.17) is 10.5 Å². The van der Waals surface area contributed by atoms with Gasteiger partial charge in [-0.25, -0.2) is 4.68 Å². The highest BCUT2D eigenvalue weighted by Gasteiger charge is 2.31. The smallest absolute Gasteiger partial charge is 0.290 e. The van der Waals surface area contributed by atoms with E-state index in [0.29, 0.717) is 24.8 Å². The monoisotopic (exact) mass is 287 g/mol. The summed E-state index contributed by atoms with van der Waals surface area (Å²) in [6.45, 7) is 1.21. The third-order valence-electron chi connectivity index (χ3n) is 3.94. The van der Waals surface area contributed by atoms with Gasteiger partial charge in [-0.2, -0.15) is 0 Å². The van der Waals surface area contributed by atoms with Crippen LogP contribution in [0.3, 0.4) is 0 Å². The standard InChI is InChI=1S/C16H21N3O2/c1-18-15(12-8-9-12)14(17)16(20)19(18)10-5-11-21-13-6-3-2-4-7-13/h2-4,6-7,12H,5,8-11,17H2,1H3. The minimum atomic E-state index is -0.0703. The molecule has 1 aliphatic carbocycles. The van der Waals surface area contributed by atoms with Crippen LogP contribution in [0.2, 0.25) is 0 Å². The lowest BCUT2D eigenvalue weighted by Gasteiger charge is -2.10. The summed E-state index contributed by atoms with van der Waals surface area (Å²) >= 11 is 0. The third-order valence-corrected chi connectivity index (χ3v) is 3.94. The highest BCUT2D eigenvalue weighted by Crippen LogP contribution is 2.41. The van der Waals surface area contributed by atoms with Gasteiger partial charge in [-0.1, -0.05) is 18.2 Å². The first-order valence-corrected chi connectivity index (χ1v) is 7.41. The lowest BCUT2D eigenvalue weighted by atomic mass is 10.2. The second-order valence-corrected chi connectivity index (χ2v) is 5.54. The van der Waals surface area contributed by atoms with Crippen molar-refractivity contribution in [3.8, 4) is 5.75 Å². The minimum absolute atomic E-state index is 0.0703. The van der Waals surface area contributed by atoms with Crippen LogP contribution in [0.4, 0.5) is 5.69 Å². The summed E-state index contributed by atoms with van der Waals surface area (Å²) in [6.07, 6.45) is 3.05. The zero-order valence-corrected chi connectivity index (χ0v) is 12.3. The van der Waals surface area contributed by atoms with Gasteiger partial charge >= 0.3 is 0 Å². The van der Waals surface area contributed by atoms with Crippen LogP contribution in [-0.4, -0.2) is 16.0 Å². The van der Waals surface area contributed by atoms with Crippen LogP contribution in [0, 0.1) is 0 Å². The fourth-order valence-corrected chi connectivity index (χ4v) is 2.70. The van der Waals surface area contributed by atoms with Crippen molar-refractivity contribution in [1.29, 1.82) is 0 Å². The van der Waals surface area contributed by atoms with Crippen molar-refractivity contribution in [3.63, 3.8) is 0 Å². The molecule has 1 aliphatic rings. The molecule has 112 valence electrons. The lowest BCUT2D eigenvalue weighted by molar-refractivity contribution is 0.292. The van der Waals surface area contributed by atoms with Gasteiger partial charge in [-0.3, -0.25) is 9.48 Å². The van der Waals surface area contributed by atoms with Crippen LogP contribution in [0.5, 0.6) is 5.75 Å². The van der Waals surface area contributed by atoms with Crippen molar-refractivity contribution in [2.75, 3.05) is 12.3 Å². The van der Waals surface area contributed by atoms with Crippen molar-refractivity contribution in [1.82, 2.24) is 9.36 Å². The molecule has 3 rings (SSSR count). The summed E-state index contributed by atoms with van der Waals surface area (Å²) in [5.74, 6) is 1.33. The van der Waals surface area contributed by atoms with Gasteiger partial charge in [-0.15, -0.1) is 0 Å². The number of aromatic nitrogens is 2. The first-order chi connectivity index (χ1) is 10.2. The Labute approximate surface area is 123 Å².